The van der Waals surface area contributed by atoms with Gasteiger partial charge < -0.3 is 5.73 Å². The summed E-state index contributed by atoms with van der Waals surface area (Å²) in [6.45, 7) is 4.38. The summed E-state index contributed by atoms with van der Waals surface area (Å²) in [6.07, 6.45) is 1.06. The van der Waals surface area contributed by atoms with Crippen LogP contribution in [0.5, 0.6) is 0 Å². The van der Waals surface area contributed by atoms with E-state index in [4.69, 9.17) is 5.73 Å². The molecule has 1 aromatic carbocycles. The predicted molar refractivity (Wildman–Crippen MR) is 65.6 cm³/mol. The molecule has 0 amide bonds. The first-order valence-corrected chi connectivity index (χ1v) is 6.21. The van der Waals surface area contributed by atoms with Crippen LogP contribution in [0.15, 0.2) is 30.3 Å². The minimum Gasteiger partial charge on any atom is -0.327 e. The molecule has 0 heterocycles. The maximum atomic E-state index is 5.88. The summed E-state index contributed by atoms with van der Waals surface area (Å²) in [4.78, 5) is 0. The van der Waals surface area contributed by atoms with Crippen LogP contribution in [0.3, 0.4) is 0 Å². The summed E-state index contributed by atoms with van der Waals surface area (Å²) in [5.41, 5.74) is 7.27. The zero-order valence-electron chi connectivity index (χ0n) is 8.94. The van der Waals surface area contributed by atoms with E-state index in [0.29, 0.717) is 11.3 Å². The average molecular weight is 209 g/mol. The molecule has 1 nitrogen and oxygen atoms in total. The molecule has 2 unspecified atom stereocenters. The third kappa shape index (κ3) is 3.72. The van der Waals surface area contributed by atoms with Crippen molar-refractivity contribution in [1.82, 2.24) is 0 Å². The molecule has 0 bridgehead atoms. The molecule has 0 spiro atoms. The Balaban J connectivity index is 2.39. The summed E-state index contributed by atoms with van der Waals surface area (Å²) in [5, 5.41) is 0.550. The van der Waals surface area contributed by atoms with E-state index >= 15 is 0 Å². The fourth-order valence-electron chi connectivity index (χ4n) is 1.21. The molecule has 2 atom stereocenters. The van der Waals surface area contributed by atoms with E-state index in [1.807, 2.05) is 11.8 Å². The van der Waals surface area contributed by atoms with Gasteiger partial charge in [-0.2, -0.15) is 11.8 Å². The maximum Gasteiger partial charge on any atom is 0.0269 e. The van der Waals surface area contributed by atoms with Crippen LogP contribution in [0.4, 0.5) is 0 Å². The van der Waals surface area contributed by atoms with Crippen LogP contribution in [0.2, 0.25) is 0 Å². The summed E-state index contributed by atoms with van der Waals surface area (Å²) >= 11 is 1.94. The largest absolute Gasteiger partial charge is 0.327 e. The third-order valence-electron chi connectivity index (χ3n) is 2.35. The molecule has 0 fully saturated rings. The lowest BCUT2D eigenvalue weighted by atomic mass is 10.2. The van der Waals surface area contributed by atoms with Crippen molar-refractivity contribution in [1.29, 1.82) is 0 Å². The van der Waals surface area contributed by atoms with E-state index in [1.54, 1.807) is 0 Å². The van der Waals surface area contributed by atoms with Crippen molar-refractivity contribution in [2.75, 3.05) is 5.75 Å². The van der Waals surface area contributed by atoms with E-state index in [0.717, 1.165) is 12.2 Å². The lowest BCUT2D eigenvalue weighted by Crippen LogP contribution is -2.21. The molecule has 0 aliphatic heterocycles. The van der Waals surface area contributed by atoms with Gasteiger partial charge in [0.15, 0.2) is 0 Å². The van der Waals surface area contributed by atoms with Gasteiger partial charge in [0.2, 0.25) is 0 Å². The molecule has 14 heavy (non-hydrogen) atoms. The maximum absolute atomic E-state index is 5.88. The second kappa shape index (κ2) is 6.10. The number of nitrogens with two attached hydrogens (primary N) is 1. The second-order valence-electron chi connectivity index (χ2n) is 3.55. The summed E-state index contributed by atoms with van der Waals surface area (Å²) < 4.78 is 0. The zero-order chi connectivity index (χ0) is 10.4. The van der Waals surface area contributed by atoms with Gasteiger partial charge in [-0.25, -0.2) is 0 Å². The first-order valence-electron chi connectivity index (χ1n) is 5.16. The lowest BCUT2D eigenvalue weighted by molar-refractivity contribution is 0.723. The van der Waals surface area contributed by atoms with Crippen LogP contribution < -0.4 is 5.73 Å². The van der Waals surface area contributed by atoms with Crippen LogP contribution in [0.1, 0.15) is 31.1 Å². The Morgan fingerprint density at radius 2 is 1.93 bits per heavy atom. The van der Waals surface area contributed by atoms with Crippen LogP contribution in [0.25, 0.3) is 0 Å². The lowest BCUT2D eigenvalue weighted by Gasteiger charge is -2.14. The molecule has 78 valence electrons. The number of thioether (sulfide) groups is 1. The Labute approximate surface area is 91.1 Å². The van der Waals surface area contributed by atoms with Gasteiger partial charge in [-0.3, -0.25) is 0 Å². The smallest absolute Gasteiger partial charge is 0.0269 e. The molecule has 1 aromatic rings. The Bertz CT molecular complexity index is 248. The number of benzene rings is 1. The van der Waals surface area contributed by atoms with Crippen molar-refractivity contribution in [2.24, 2.45) is 5.73 Å². The van der Waals surface area contributed by atoms with Gasteiger partial charge in [0, 0.05) is 17.0 Å². The van der Waals surface area contributed by atoms with Crippen molar-refractivity contribution in [2.45, 2.75) is 31.6 Å². The van der Waals surface area contributed by atoms with E-state index in [1.165, 1.54) is 5.56 Å². The number of rotatable bonds is 5. The topological polar surface area (TPSA) is 26.0 Å². The zero-order valence-corrected chi connectivity index (χ0v) is 9.76. The Morgan fingerprint density at radius 3 is 2.50 bits per heavy atom. The van der Waals surface area contributed by atoms with Gasteiger partial charge >= 0.3 is 0 Å². The monoisotopic (exact) mass is 209 g/mol. The van der Waals surface area contributed by atoms with E-state index in [2.05, 4.69) is 44.2 Å². The Kier molecular flexibility index (Phi) is 5.05. The normalized spacial score (nSPS) is 15.1. The molecule has 1 rings (SSSR count). The number of hydrogen-bond acceptors (Lipinski definition) is 2. The number of hydrogen-bond donors (Lipinski definition) is 1. The van der Waals surface area contributed by atoms with Gasteiger partial charge in [0.25, 0.3) is 0 Å². The summed E-state index contributed by atoms with van der Waals surface area (Å²) in [6, 6.07) is 10.9. The Hall–Kier alpha value is -0.470. The molecule has 0 aliphatic rings. The molecule has 2 N–H and O–H groups in total. The highest BCUT2D eigenvalue weighted by atomic mass is 32.2. The van der Waals surface area contributed by atoms with Crippen LogP contribution in [0, 0.1) is 0 Å². The van der Waals surface area contributed by atoms with E-state index in [-0.39, 0.29) is 0 Å². The molecule has 0 aliphatic carbocycles. The fourth-order valence-corrected chi connectivity index (χ4v) is 2.33. The second-order valence-corrected chi connectivity index (χ2v) is 4.93. The quantitative estimate of drug-likeness (QED) is 0.806. The predicted octanol–water partition coefficient (Wildman–Crippen LogP) is 3.22. The van der Waals surface area contributed by atoms with Crippen molar-refractivity contribution in [3.8, 4) is 0 Å². The molecule has 0 radical (unpaired) electrons. The summed E-state index contributed by atoms with van der Waals surface area (Å²) in [7, 11) is 0. The SMILES string of the molecule is CCC(N)CSC(C)c1ccccc1. The van der Waals surface area contributed by atoms with Gasteiger partial charge in [-0.15, -0.1) is 0 Å². The average Bonchev–Trinajstić information content (AvgIpc) is 2.26. The van der Waals surface area contributed by atoms with Crippen molar-refractivity contribution in [3.63, 3.8) is 0 Å². The molecule has 2 heteroatoms. The van der Waals surface area contributed by atoms with E-state index in [9.17, 15) is 0 Å². The molecular formula is C12H19NS. The molecule has 0 saturated heterocycles. The standard InChI is InChI=1S/C12H19NS/c1-3-12(13)9-14-10(2)11-7-5-4-6-8-11/h4-8,10,12H,3,9,13H2,1-2H3. The fraction of sp³-hybridized carbons (Fsp3) is 0.500. The van der Waals surface area contributed by atoms with E-state index < -0.39 is 0 Å². The van der Waals surface area contributed by atoms with Gasteiger partial charge in [0.1, 0.15) is 0 Å². The van der Waals surface area contributed by atoms with Crippen LogP contribution in [-0.2, 0) is 0 Å². The molecular weight excluding hydrogens is 190 g/mol. The third-order valence-corrected chi connectivity index (χ3v) is 3.75. The first kappa shape index (κ1) is 11.6. The minimum absolute atomic E-state index is 0.339. The van der Waals surface area contributed by atoms with Crippen molar-refractivity contribution < 1.29 is 0 Å². The highest BCUT2D eigenvalue weighted by Gasteiger charge is 2.07. The van der Waals surface area contributed by atoms with Crippen LogP contribution >= 0.6 is 11.8 Å². The van der Waals surface area contributed by atoms with Gasteiger partial charge in [-0.05, 0) is 18.9 Å². The highest BCUT2D eigenvalue weighted by molar-refractivity contribution is 7.99. The van der Waals surface area contributed by atoms with Gasteiger partial charge in [-0.1, -0.05) is 37.3 Å². The van der Waals surface area contributed by atoms with Crippen molar-refractivity contribution in [3.05, 3.63) is 35.9 Å². The highest BCUT2D eigenvalue weighted by Crippen LogP contribution is 2.28. The molecule has 0 aromatic heterocycles. The minimum atomic E-state index is 0.339. The van der Waals surface area contributed by atoms with Gasteiger partial charge in [0.05, 0.1) is 0 Å². The Morgan fingerprint density at radius 1 is 1.29 bits per heavy atom. The van der Waals surface area contributed by atoms with Crippen molar-refractivity contribution >= 4 is 11.8 Å². The summed E-state index contributed by atoms with van der Waals surface area (Å²) in [5.74, 6) is 1.05. The molecule has 0 saturated carbocycles. The first-order chi connectivity index (χ1) is 6.74. The van der Waals surface area contributed by atoms with Crippen LogP contribution in [-0.4, -0.2) is 11.8 Å².